The van der Waals surface area contributed by atoms with Gasteiger partial charge in [0.15, 0.2) is 0 Å². The Morgan fingerprint density at radius 1 is 1.54 bits per heavy atom. The van der Waals surface area contributed by atoms with Gasteiger partial charge in [-0.15, -0.1) is 0 Å². The lowest BCUT2D eigenvalue weighted by Crippen LogP contribution is -1.92. The summed E-state index contributed by atoms with van der Waals surface area (Å²) in [4.78, 5) is 6.82. The monoisotopic (exact) mass is 176 g/mol. The molecule has 0 aliphatic carbocycles. The number of anilines is 1. The molecule has 0 radical (unpaired) electrons. The topological polar surface area (TPSA) is 81.8 Å². The smallest absolute Gasteiger partial charge is 0.239 e. The molecular formula is C7H8N6. The predicted molar refractivity (Wildman–Crippen MR) is 48.4 cm³/mol. The average molecular weight is 176 g/mol. The first-order chi connectivity index (χ1) is 6.45. The lowest BCUT2D eigenvalue weighted by atomic mass is 10.5. The van der Waals surface area contributed by atoms with Crippen molar-refractivity contribution in [3.05, 3.63) is 30.4 Å². The number of aromatic amines is 2. The van der Waals surface area contributed by atoms with Crippen molar-refractivity contribution in [2.24, 2.45) is 5.10 Å². The van der Waals surface area contributed by atoms with Crippen LogP contribution < -0.4 is 5.43 Å². The van der Waals surface area contributed by atoms with Crippen LogP contribution >= 0.6 is 0 Å². The summed E-state index contributed by atoms with van der Waals surface area (Å²) in [6, 6.07) is 3.81. The Balaban J connectivity index is 1.93. The molecule has 0 saturated heterocycles. The second-order valence-corrected chi connectivity index (χ2v) is 2.33. The summed E-state index contributed by atoms with van der Waals surface area (Å²) in [7, 11) is 0. The van der Waals surface area contributed by atoms with Gasteiger partial charge in [-0.25, -0.2) is 10.5 Å². The lowest BCUT2D eigenvalue weighted by Gasteiger charge is -1.90. The van der Waals surface area contributed by atoms with E-state index in [1.54, 1.807) is 6.21 Å². The molecule has 2 aromatic rings. The first kappa shape index (κ1) is 7.53. The molecule has 0 atom stereocenters. The number of nitrogens with zero attached hydrogens (tertiary/aromatic N) is 3. The van der Waals surface area contributed by atoms with Crippen LogP contribution in [0.25, 0.3) is 0 Å². The Morgan fingerprint density at radius 3 is 3.23 bits per heavy atom. The molecule has 13 heavy (non-hydrogen) atoms. The molecule has 2 aromatic heterocycles. The molecule has 0 saturated carbocycles. The van der Waals surface area contributed by atoms with Gasteiger partial charge in [0.05, 0.1) is 11.9 Å². The third kappa shape index (κ3) is 1.92. The molecule has 0 amide bonds. The second kappa shape index (κ2) is 3.53. The van der Waals surface area contributed by atoms with Gasteiger partial charge in [-0.05, 0) is 12.1 Å². The number of rotatable bonds is 3. The normalized spacial score (nSPS) is 10.8. The van der Waals surface area contributed by atoms with Crippen LogP contribution in [0.4, 0.5) is 5.95 Å². The maximum atomic E-state index is 3.92. The fourth-order valence-electron chi connectivity index (χ4n) is 0.847. The van der Waals surface area contributed by atoms with Gasteiger partial charge in [0.25, 0.3) is 0 Å². The Hall–Kier alpha value is -2.11. The fourth-order valence-corrected chi connectivity index (χ4v) is 0.847. The molecule has 2 heterocycles. The number of hydrogen-bond donors (Lipinski definition) is 3. The molecule has 0 fully saturated rings. The summed E-state index contributed by atoms with van der Waals surface area (Å²) < 4.78 is 0. The highest BCUT2D eigenvalue weighted by Gasteiger charge is 1.88. The van der Waals surface area contributed by atoms with E-state index in [1.807, 2.05) is 18.3 Å². The Kier molecular flexibility index (Phi) is 2.04. The van der Waals surface area contributed by atoms with Gasteiger partial charge >= 0.3 is 0 Å². The summed E-state index contributed by atoms with van der Waals surface area (Å²) in [5.41, 5.74) is 3.61. The van der Waals surface area contributed by atoms with Gasteiger partial charge in [0, 0.05) is 6.20 Å². The van der Waals surface area contributed by atoms with Gasteiger partial charge in [0.2, 0.25) is 5.95 Å². The van der Waals surface area contributed by atoms with Gasteiger partial charge in [0.1, 0.15) is 6.33 Å². The van der Waals surface area contributed by atoms with Gasteiger partial charge in [-0.3, -0.25) is 0 Å². The second-order valence-electron chi connectivity index (χ2n) is 2.33. The molecule has 2 rings (SSSR count). The molecule has 0 aliphatic rings. The van der Waals surface area contributed by atoms with E-state index >= 15 is 0 Å². The number of nitrogens with one attached hydrogen (secondary N) is 3. The minimum Gasteiger partial charge on any atom is -0.360 e. The van der Waals surface area contributed by atoms with Crippen LogP contribution in [-0.2, 0) is 0 Å². The highest BCUT2D eigenvalue weighted by atomic mass is 15.4. The van der Waals surface area contributed by atoms with Crippen LogP contribution in [-0.4, -0.2) is 26.4 Å². The molecule has 3 N–H and O–H groups in total. The maximum Gasteiger partial charge on any atom is 0.239 e. The first-order valence-electron chi connectivity index (χ1n) is 3.73. The first-order valence-corrected chi connectivity index (χ1v) is 3.73. The minimum atomic E-state index is 0.516. The predicted octanol–water partition coefficient (Wildman–Crippen LogP) is 0.579. The van der Waals surface area contributed by atoms with E-state index in [-0.39, 0.29) is 0 Å². The molecule has 0 aliphatic heterocycles. The highest BCUT2D eigenvalue weighted by Crippen LogP contribution is 1.92. The SMILES string of the molecule is C(=N\Nc1ncn[nH]1)/c1ccc[nH]1. The third-order valence-electron chi connectivity index (χ3n) is 1.41. The van der Waals surface area contributed by atoms with Crippen molar-refractivity contribution in [2.45, 2.75) is 0 Å². The van der Waals surface area contributed by atoms with E-state index in [4.69, 9.17) is 0 Å². The molecule has 0 aromatic carbocycles. The van der Waals surface area contributed by atoms with E-state index in [0.717, 1.165) is 5.69 Å². The van der Waals surface area contributed by atoms with Crippen molar-refractivity contribution >= 4 is 12.2 Å². The van der Waals surface area contributed by atoms with Crippen molar-refractivity contribution in [3.8, 4) is 0 Å². The van der Waals surface area contributed by atoms with Crippen LogP contribution in [0.5, 0.6) is 0 Å². The zero-order chi connectivity index (χ0) is 8.93. The largest absolute Gasteiger partial charge is 0.360 e. The summed E-state index contributed by atoms with van der Waals surface area (Å²) in [5, 5.41) is 10.2. The van der Waals surface area contributed by atoms with Crippen LogP contribution in [0.3, 0.4) is 0 Å². The number of H-pyrrole nitrogens is 2. The molecule has 6 heteroatoms. The zero-order valence-corrected chi connectivity index (χ0v) is 6.73. The van der Waals surface area contributed by atoms with Crippen LogP contribution in [0.1, 0.15) is 5.69 Å². The number of hydrogen-bond acceptors (Lipinski definition) is 4. The van der Waals surface area contributed by atoms with Crippen molar-refractivity contribution in [1.82, 2.24) is 20.2 Å². The molecule has 0 bridgehead atoms. The van der Waals surface area contributed by atoms with E-state index in [1.165, 1.54) is 6.33 Å². The zero-order valence-electron chi connectivity index (χ0n) is 6.73. The number of hydrazone groups is 1. The molecular weight excluding hydrogens is 168 g/mol. The minimum absolute atomic E-state index is 0.516. The van der Waals surface area contributed by atoms with Crippen LogP contribution in [0.15, 0.2) is 29.8 Å². The number of aromatic nitrogens is 4. The van der Waals surface area contributed by atoms with Crippen LogP contribution in [0, 0.1) is 0 Å². The van der Waals surface area contributed by atoms with Gasteiger partial charge in [-0.2, -0.15) is 15.2 Å². The fraction of sp³-hybridized carbons (Fsp3) is 0. The van der Waals surface area contributed by atoms with Gasteiger partial charge in [-0.1, -0.05) is 0 Å². The van der Waals surface area contributed by atoms with E-state index in [9.17, 15) is 0 Å². The molecule has 66 valence electrons. The molecule has 0 unspecified atom stereocenters. The third-order valence-corrected chi connectivity index (χ3v) is 1.41. The summed E-state index contributed by atoms with van der Waals surface area (Å²) >= 11 is 0. The Bertz CT molecular complexity index is 360. The summed E-state index contributed by atoms with van der Waals surface area (Å²) in [5.74, 6) is 0.516. The van der Waals surface area contributed by atoms with E-state index < -0.39 is 0 Å². The quantitative estimate of drug-likeness (QED) is 0.472. The highest BCUT2D eigenvalue weighted by molar-refractivity contribution is 5.77. The van der Waals surface area contributed by atoms with Gasteiger partial charge < -0.3 is 4.98 Å². The lowest BCUT2D eigenvalue weighted by molar-refractivity contribution is 1.08. The summed E-state index contributed by atoms with van der Waals surface area (Å²) in [6.45, 7) is 0. The molecule has 0 spiro atoms. The Morgan fingerprint density at radius 2 is 2.54 bits per heavy atom. The van der Waals surface area contributed by atoms with Crippen LogP contribution in [0.2, 0.25) is 0 Å². The van der Waals surface area contributed by atoms with Crippen molar-refractivity contribution < 1.29 is 0 Å². The van der Waals surface area contributed by atoms with E-state index in [2.05, 4.69) is 30.7 Å². The van der Waals surface area contributed by atoms with Crippen molar-refractivity contribution in [3.63, 3.8) is 0 Å². The standard InChI is InChI=1S/C7H8N6/c1-2-6(8-3-1)4-10-12-7-9-5-11-13-7/h1-5,8H,(H2,9,11,12,13)/b10-4+. The average Bonchev–Trinajstić information content (AvgIpc) is 2.75. The Labute approximate surface area is 74.1 Å². The summed E-state index contributed by atoms with van der Waals surface area (Å²) in [6.07, 6.45) is 4.89. The molecule has 6 nitrogen and oxygen atoms in total. The maximum absolute atomic E-state index is 3.92. The van der Waals surface area contributed by atoms with Crippen molar-refractivity contribution in [1.29, 1.82) is 0 Å². The van der Waals surface area contributed by atoms with E-state index in [0.29, 0.717) is 5.95 Å². The van der Waals surface area contributed by atoms with Crippen molar-refractivity contribution in [2.75, 3.05) is 5.43 Å².